The molecule has 138 valence electrons. The van der Waals surface area contributed by atoms with Gasteiger partial charge in [0.1, 0.15) is 0 Å². The highest BCUT2D eigenvalue weighted by Gasteiger charge is 2.24. The number of nitrogens with zero attached hydrogens (tertiary/aromatic N) is 5. The van der Waals surface area contributed by atoms with Gasteiger partial charge in [-0.1, -0.05) is 0 Å². The Morgan fingerprint density at radius 2 is 1.70 bits per heavy atom. The van der Waals surface area contributed by atoms with Crippen LogP contribution in [0.25, 0.3) is 11.3 Å². The minimum atomic E-state index is -0.0551. The largest absolute Gasteiger partial charge is 0.351 e. The molecule has 1 aliphatic rings. The van der Waals surface area contributed by atoms with Gasteiger partial charge in [-0.05, 0) is 59.8 Å². The van der Waals surface area contributed by atoms with Crippen molar-refractivity contribution in [2.75, 3.05) is 5.32 Å². The average molecular weight is 427 g/mol. The maximum absolute atomic E-state index is 12.4. The third-order valence-electron chi connectivity index (χ3n) is 4.80. The van der Waals surface area contributed by atoms with E-state index < -0.39 is 0 Å². The first-order valence-electron chi connectivity index (χ1n) is 8.93. The van der Waals surface area contributed by atoms with Crippen LogP contribution in [0.5, 0.6) is 0 Å². The minimum absolute atomic E-state index is 0.0551. The topological polar surface area (TPSA) is 85.6 Å². The molecule has 8 heteroatoms. The predicted molar refractivity (Wildman–Crippen MR) is 106 cm³/mol. The first kappa shape index (κ1) is 17.8. The van der Waals surface area contributed by atoms with Crippen molar-refractivity contribution < 1.29 is 0 Å². The van der Waals surface area contributed by atoms with E-state index in [0.717, 1.165) is 41.4 Å². The number of aromatic nitrogens is 5. The number of anilines is 1. The predicted octanol–water partition coefficient (Wildman–Crippen LogP) is 3.45. The molecule has 7 nitrogen and oxygen atoms in total. The molecule has 1 N–H and O–H groups in total. The van der Waals surface area contributed by atoms with Gasteiger partial charge in [0.2, 0.25) is 5.95 Å². The van der Waals surface area contributed by atoms with Gasteiger partial charge in [-0.25, -0.2) is 14.6 Å². The molecule has 0 amide bonds. The minimum Gasteiger partial charge on any atom is -0.351 e. The van der Waals surface area contributed by atoms with Crippen molar-refractivity contribution in [1.82, 2.24) is 24.7 Å². The molecule has 0 radical (unpaired) electrons. The van der Waals surface area contributed by atoms with E-state index in [0.29, 0.717) is 12.0 Å². The molecular weight excluding hydrogens is 408 g/mol. The Hall–Kier alpha value is -2.61. The first-order valence-corrected chi connectivity index (χ1v) is 9.73. The molecule has 1 fully saturated rings. The van der Waals surface area contributed by atoms with Gasteiger partial charge in [0.05, 0.1) is 16.2 Å². The lowest BCUT2D eigenvalue weighted by Crippen LogP contribution is -2.33. The molecule has 3 aromatic rings. The molecule has 0 unspecified atom stereocenters. The van der Waals surface area contributed by atoms with Crippen LogP contribution in [0.3, 0.4) is 0 Å². The van der Waals surface area contributed by atoms with Crippen LogP contribution in [0.1, 0.15) is 31.7 Å². The van der Waals surface area contributed by atoms with Crippen LogP contribution in [0.15, 0.2) is 58.3 Å². The van der Waals surface area contributed by atoms with Crippen LogP contribution < -0.4 is 10.9 Å². The second-order valence-electron chi connectivity index (χ2n) is 6.61. The molecule has 0 aliphatic heterocycles. The maximum Gasteiger partial charge on any atom is 0.267 e. The van der Waals surface area contributed by atoms with Crippen molar-refractivity contribution >= 4 is 21.9 Å². The fraction of sp³-hybridized carbons (Fsp3) is 0.316. The van der Waals surface area contributed by atoms with Gasteiger partial charge in [0.15, 0.2) is 0 Å². The molecule has 0 saturated heterocycles. The lowest BCUT2D eigenvalue weighted by Gasteiger charge is -2.29. The Balaban J connectivity index is 1.45. The molecule has 1 aliphatic carbocycles. The summed E-state index contributed by atoms with van der Waals surface area (Å²) >= 11 is 3.34. The van der Waals surface area contributed by atoms with Gasteiger partial charge in [0.25, 0.3) is 5.56 Å². The van der Waals surface area contributed by atoms with Crippen LogP contribution in [-0.2, 0) is 0 Å². The number of hydrogen-bond acceptors (Lipinski definition) is 6. The lowest BCUT2D eigenvalue weighted by molar-refractivity contribution is 0.304. The van der Waals surface area contributed by atoms with Crippen molar-refractivity contribution in [3.05, 3.63) is 63.9 Å². The molecule has 0 bridgehead atoms. The van der Waals surface area contributed by atoms with Crippen molar-refractivity contribution in [3.8, 4) is 11.3 Å². The fourth-order valence-electron chi connectivity index (χ4n) is 3.40. The van der Waals surface area contributed by atoms with Crippen LogP contribution in [0.4, 0.5) is 5.95 Å². The third kappa shape index (κ3) is 4.21. The zero-order chi connectivity index (χ0) is 18.6. The molecule has 27 heavy (non-hydrogen) atoms. The van der Waals surface area contributed by atoms with E-state index in [1.807, 2.05) is 12.1 Å². The molecule has 0 aromatic carbocycles. The number of nitrogens with one attached hydrogen (secondary N) is 1. The summed E-state index contributed by atoms with van der Waals surface area (Å²) in [5.41, 5.74) is 1.70. The van der Waals surface area contributed by atoms with Crippen LogP contribution >= 0.6 is 15.9 Å². The second-order valence-corrected chi connectivity index (χ2v) is 7.53. The standard InChI is InChI=1S/C19H19BrN6O/c20-14-11-22-19(23-12-14)24-15-1-3-16(4-2-15)26-18(27)6-5-17(25-26)13-7-9-21-10-8-13/h5-12,15-16H,1-4H2,(H,22,23,24). The van der Waals surface area contributed by atoms with Gasteiger partial charge in [-0.3, -0.25) is 9.78 Å². The normalized spacial score (nSPS) is 19.6. The summed E-state index contributed by atoms with van der Waals surface area (Å²) in [5, 5.41) is 7.99. The SMILES string of the molecule is O=c1ccc(-c2ccncc2)nn1C1CCC(Nc2ncc(Br)cn2)CC1. The summed E-state index contributed by atoms with van der Waals surface area (Å²) < 4.78 is 2.50. The highest BCUT2D eigenvalue weighted by molar-refractivity contribution is 9.10. The maximum atomic E-state index is 12.4. The fourth-order valence-corrected chi connectivity index (χ4v) is 3.60. The molecule has 0 spiro atoms. The van der Waals surface area contributed by atoms with Crippen LogP contribution in [0.2, 0.25) is 0 Å². The van der Waals surface area contributed by atoms with Crippen molar-refractivity contribution in [2.45, 2.75) is 37.8 Å². The van der Waals surface area contributed by atoms with E-state index in [-0.39, 0.29) is 11.6 Å². The Kier molecular flexibility index (Phi) is 5.24. The van der Waals surface area contributed by atoms with E-state index in [1.54, 1.807) is 41.6 Å². The summed E-state index contributed by atoms with van der Waals surface area (Å²) in [7, 11) is 0. The van der Waals surface area contributed by atoms with Crippen molar-refractivity contribution in [1.29, 1.82) is 0 Å². The Bertz CT molecular complexity index is 952. The number of rotatable bonds is 4. The number of halogens is 1. The monoisotopic (exact) mass is 426 g/mol. The Labute approximate surface area is 165 Å². The quantitative estimate of drug-likeness (QED) is 0.687. The van der Waals surface area contributed by atoms with Gasteiger partial charge < -0.3 is 5.32 Å². The van der Waals surface area contributed by atoms with Crippen LogP contribution in [-0.4, -0.2) is 30.8 Å². The Morgan fingerprint density at radius 1 is 1.00 bits per heavy atom. The zero-order valence-electron chi connectivity index (χ0n) is 14.6. The smallest absolute Gasteiger partial charge is 0.267 e. The van der Waals surface area contributed by atoms with Gasteiger partial charge in [-0.2, -0.15) is 5.10 Å². The van der Waals surface area contributed by atoms with Gasteiger partial charge in [-0.15, -0.1) is 0 Å². The summed E-state index contributed by atoms with van der Waals surface area (Å²) in [5.74, 6) is 0.636. The third-order valence-corrected chi connectivity index (χ3v) is 5.21. The summed E-state index contributed by atoms with van der Waals surface area (Å²) in [6.45, 7) is 0. The summed E-state index contributed by atoms with van der Waals surface area (Å²) in [4.78, 5) is 24.9. The van der Waals surface area contributed by atoms with E-state index in [2.05, 4.69) is 41.3 Å². The van der Waals surface area contributed by atoms with Crippen molar-refractivity contribution in [3.63, 3.8) is 0 Å². The molecule has 1 saturated carbocycles. The van der Waals surface area contributed by atoms with E-state index in [9.17, 15) is 4.79 Å². The highest BCUT2D eigenvalue weighted by atomic mass is 79.9. The second kappa shape index (κ2) is 7.96. The molecular formula is C19H19BrN6O. The summed E-state index contributed by atoms with van der Waals surface area (Å²) in [6.07, 6.45) is 10.6. The molecule has 4 rings (SSSR count). The first-order chi connectivity index (χ1) is 13.2. The van der Waals surface area contributed by atoms with E-state index in [4.69, 9.17) is 0 Å². The Morgan fingerprint density at radius 3 is 2.41 bits per heavy atom. The van der Waals surface area contributed by atoms with E-state index >= 15 is 0 Å². The molecule has 3 heterocycles. The van der Waals surface area contributed by atoms with Crippen molar-refractivity contribution in [2.24, 2.45) is 0 Å². The lowest BCUT2D eigenvalue weighted by atomic mass is 9.91. The van der Waals surface area contributed by atoms with E-state index in [1.165, 1.54) is 0 Å². The highest BCUT2D eigenvalue weighted by Crippen LogP contribution is 2.29. The van der Waals surface area contributed by atoms with Gasteiger partial charge in [0, 0.05) is 42.5 Å². The molecule has 3 aromatic heterocycles. The number of hydrogen-bond donors (Lipinski definition) is 1. The molecule has 0 atom stereocenters. The number of pyridine rings is 1. The van der Waals surface area contributed by atoms with Gasteiger partial charge >= 0.3 is 0 Å². The summed E-state index contributed by atoms with van der Waals surface area (Å²) in [6, 6.07) is 7.59. The average Bonchev–Trinajstić information content (AvgIpc) is 2.71. The zero-order valence-corrected chi connectivity index (χ0v) is 16.2. The van der Waals surface area contributed by atoms with Crippen LogP contribution in [0, 0.1) is 0 Å².